The topological polar surface area (TPSA) is 17.8 Å². The van der Waals surface area contributed by atoms with Crippen LogP contribution in [-0.2, 0) is 0 Å². The van der Waals surface area contributed by atoms with E-state index in [2.05, 4.69) is 59.2 Å². The molecule has 5 aromatic rings. The molecular formula is C25H18FN2P. The van der Waals surface area contributed by atoms with Gasteiger partial charge in [0, 0.05) is 13.6 Å². The van der Waals surface area contributed by atoms with Gasteiger partial charge < -0.3 is 0 Å². The monoisotopic (exact) mass is 396 g/mol. The molecule has 0 atom stereocenters. The van der Waals surface area contributed by atoms with Gasteiger partial charge in [-0.3, -0.25) is 4.57 Å². The van der Waals surface area contributed by atoms with Gasteiger partial charge in [0.2, 0.25) is 0 Å². The van der Waals surface area contributed by atoms with Crippen molar-refractivity contribution in [2.24, 2.45) is 0 Å². The van der Waals surface area contributed by atoms with E-state index in [0.717, 1.165) is 22.3 Å². The molecule has 0 amide bonds. The molecule has 4 heteroatoms. The van der Waals surface area contributed by atoms with Crippen LogP contribution in [0.1, 0.15) is 0 Å². The van der Waals surface area contributed by atoms with E-state index < -0.39 is 7.92 Å². The molecule has 1 aromatic heterocycles. The zero-order valence-electron chi connectivity index (χ0n) is 15.6. The highest BCUT2D eigenvalue weighted by atomic mass is 31.1. The van der Waals surface area contributed by atoms with Crippen molar-refractivity contribution >= 4 is 35.1 Å². The molecule has 0 bridgehead atoms. The molecule has 0 aliphatic carbocycles. The Hall–Kier alpha value is -3.29. The predicted molar refractivity (Wildman–Crippen MR) is 120 cm³/mol. The molecular weight excluding hydrogens is 378 g/mol. The molecule has 0 aliphatic rings. The molecule has 0 spiro atoms. The highest BCUT2D eigenvalue weighted by Gasteiger charge is 2.24. The summed E-state index contributed by atoms with van der Waals surface area (Å²) in [7, 11) is -0.887. The molecule has 0 unspecified atom stereocenters. The lowest BCUT2D eigenvalue weighted by molar-refractivity contribution is 0.627. The highest BCUT2D eigenvalue weighted by molar-refractivity contribution is 7.79. The maximum atomic E-state index is 13.6. The van der Waals surface area contributed by atoms with Crippen molar-refractivity contribution < 1.29 is 4.39 Å². The van der Waals surface area contributed by atoms with Gasteiger partial charge >= 0.3 is 0 Å². The number of halogens is 1. The average Bonchev–Trinajstić information content (AvgIpc) is 3.15. The number of benzene rings is 4. The highest BCUT2D eigenvalue weighted by Crippen LogP contribution is 2.35. The van der Waals surface area contributed by atoms with Gasteiger partial charge in [-0.15, -0.1) is 0 Å². The third kappa shape index (κ3) is 3.35. The minimum atomic E-state index is -0.887. The van der Waals surface area contributed by atoms with E-state index in [-0.39, 0.29) is 5.82 Å². The Morgan fingerprint density at radius 2 is 1.17 bits per heavy atom. The van der Waals surface area contributed by atoms with Crippen LogP contribution >= 0.6 is 7.92 Å². The van der Waals surface area contributed by atoms with E-state index in [1.54, 1.807) is 0 Å². The fourth-order valence-electron chi connectivity index (χ4n) is 3.54. The summed E-state index contributed by atoms with van der Waals surface area (Å²) >= 11 is 0. The van der Waals surface area contributed by atoms with Crippen molar-refractivity contribution in [3.63, 3.8) is 0 Å². The number of rotatable bonds is 4. The molecule has 29 heavy (non-hydrogen) atoms. The second-order valence-electron chi connectivity index (χ2n) is 6.72. The van der Waals surface area contributed by atoms with Gasteiger partial charge in [-0.1, -0.05) is 72.8 Å². The standard InChI is InChI=1S/C25H18FN2P/c26-19-15-17-20(18-16-19)28-24-14-8-7-13-23(24)27-25(28)29(21-9-3-1-4-10-21)22-11-5-2-6-12-22/h1-18H. The summed E-state index contributed by atoms with van der Waals surface area (Å²) in [6.07, 6.45) is 0. The minimum Gasteiger partial charge on any atom is -0.292 e. The van der Waals surface area contributed by atoms with Crippen LogP contribution < -0.4 is 16.2 Å². The summed E-state index contributed by atoms with van der Waals surface area (Å²) < 4.78 is 15.8. The summed E-state index contributed by atoms with van der Waals surface area (Å²) in [6.45, 7) is 0. The van der Waals surface area contributed by atoms with Crippen LogP contribution in [-0.4, -0.2) is 9.55 Å². The van der Waals surface area contributed by atoms with Crippen molar-refractivity contribution in [1.29, 1.82) is 0 Å². The van der Waals surface area contributed by atoms with E-state index in [1.807, 2.05) is 42.5 Å². The first-order chi connectivity index (χ1) is 14.3. The van der Waals surface area contributed by atoms with E-state index in [0.29, 0.717) is 0 Å². The summed E-state index contributed by atoms with van der Waals surface area (Å²) in [4.78, 5) is 5.06. The number of imidazole rings is 1. The van der Waals surface area contributed by atoms with Crippen molar-refractivity contribution in [3.05, 3.63) is 115 Å². The molecule has 0 N–H and O–H groups in total. The molecule has 2 nitrogen and oxygen atoms in total. The molecule has 0 radical (unpaired) electrons. The molecule has 0 saturated carbocycles. The smallest absolute Gasteiger partial charge is 0.146 e. The molecule has 0 saturated heterocycles. The third-order valence-corrected chi connectivity index (χ3v) is 7.19. The fourth-order valence-corrected chi connectivity index (χ4v) is 5.87. The van der Waals surface area contributed by atoms with Crippen molar-refractivity contribution in [2.45, 2.75) is 0 Å². The first kappa shape index (κ1) is 17.8. The fraction of sp³-hybridized carbons (Fsp3) is 0. The van der Waals surface area contributed by atoms with Crippen LogP contribution in [0.25, 0.3) is 16.7 Å². The van der Waals surface area contributed by atoms with E-state index >= 15 is 0 Å². The Balaban J connectivity index is 1.82. The van der Waals surface area contributed by atoms with Crippen LogP contribution in [0.5, 0.6) is 0 Å². The van der Waals surface area contributed by atoms with Crippen LogP contribution in [0.15, 0.2) is 109 Å². The molecule has 1 heterocycles. The predicted octanol–water partition coefficient (Wildman–Crippen LogP) is 4.92. The van der Waals surface area contributed by atoms with E-state index in [1.165, 1.54) is 22.7 Å². The molecule has 140 valence electrons. The molecule has 5 rings (SSSR count). The normalized spacial score (nSPS) is 11.2. The summed E-state index contributed by atoms with van der Waals surface area (Å²) in [6, 6.07) is 35.7. The summed E-state index contributed by atoms with van der Waals surface area (Å²) in [5, 5.41) is 2.46. The van der Waals surface area contributed by atoms with Crippen molar-refractivity contribution in [3.8, 4) is 5.69 Å². The first-order valence-electron chi connectivity index (χ1n) is 9.45. The summed E-state index contributed by atoms with van der Waals surface area (Å²) in [5.74, 6) is -0.242. The summed E-state index contributed by atoms with van der Waals surface area (Å²) in [5.41, 5.74) is 3.85. The number of hydrogen-bond acceptors (Lipinski definition) is 1. The van der Waals surface area contributed by atoms with Gasteiger partial charge in [-0.25, -0.2) is 9.37 Å². The lowest BCUT2D eigenvalue weighted by Gasteiger charge is -2.20. The Morgan fingerprint density at radius 1 is 0.621 bits per heavy atom. The Kier molecular flexibility index (Phi) is 4.67. The average molecular weight is 396 g/mol. The van der Waals surface area contributed by atoms with Crippen LogP contribution in [0, 0.1) is 5.82 Å². The number of para-hydroxylation sites is 2. The zero-order chi connectivity index (χ0) is 19.6. The van der Waals surface area contributed by atoms with Crippen LogP contribution in [0.4, 0.5) is 4.39 Å². The third-order valence-electron chi connectivity index (χ3n) is 4.86. The zero-order valence-corrected chi connectivity index (χ0v) is 16.5. The van der Waals surface area contributed by atoms with Crippen molar-refractivity contribution in [1.82, 2.24) is 9.55 Å². The minimum absolute atomic E-state index is 0.242. The Morgan fingerprint density at radius 3 is 1.79 bits per heavy atom. The SMILES string of the molecule is Fc1ccc(-n2c(P(c3ccccc3)c3ccccc3)nc3ccccc32)cc1. The number of aromatic nitrogens is 2. The van der Waals surface area contributed by atoms with Crippen molar-refractivity contribution in [2.75, 3.05) is 0 Å². The molecule has 4 aromatic carbocycles. The van der Waals surface area contributed by atoms with Gasteiger partial charge in [0.15, 0.2) is 0 Å². The van der Waals surface area contributed by atoms with Gasteiger partial charge in [0.25, 0.3) is 0 Å². The maximum Gasteiger partial charge on any atom is 0.146 e. The molecule has 0 aliphatic heterocycles. The maximum absolute atomic E-state index is 13.6. The van der Waals surface area contributed by atoms with Crippen LogP contribution in [0.3, 0.4) is 0 Å². The van der Waals surface area contributed by atoms with Gasteiger partial charge in [0.05, 0.1) is 11.0 Å². The number of nitrogens with zero attached hydrogens (tertiary/aromatic N) is 2. The number of fused-ring (bicyclic) bond motifs is 1. The lowest BCUT2D eigenvalue weighted by atomic mass is 10.3. The largest absolute Gasteiger partial charge is 0.292 e. The van der Waals surface area contributed by atoms with E-state index in [9.17, 15) is 4.39 Å². The van der Waals surface area contributed by atoms with E-state index in [4.69, 9.17) is 4.98 Å². The second-order valence-corrected chi connectivity index (χ2v) is 8.82. The van der Waals surface area contributed by atoms with Crippen LogP contribution in [0.2, 0.25) is 0 Å². The number of hydrogen-bond donors (Lipinski definition) is 0. The van der Waals surface area contributed by atoms with Gasteiger partial charge in [-0.05, 0) is 47.0 Å². The van der Waals surface area contributed by atoms with Gasteiger partial charge in [-0.2, -0.15) is 0 Å². The second kappa shape index (κ2) is 7.62. The Labute approximate surface area is 170 Å². The quantitative estimate of drug-likeness (QED) is 0.394. The lowest BCUT2D eigenvalue weighted by Crippen LogP contribution is -2.27. The first-order valence-corrected chi connectivity index (χ1v) is 10.8. The molecule has 0 fully saturated rings. The van der Waals surface area contributed by atoms with Gasteiger partial charge in [0.1, 0.15) is 11.4 Å². The Bertz CT molecular complexity index is 1210.